The molecule has 0 radical (unpaired) electrons. The fraction of sp³-hybridized carbons (Fsp3) is 0.312. The maximum Gasteiger partial charge on any atom is 0.330 e. The fourth-order valence-electron chi connectivity index (χ4n) is 2.28. The van der Waals surface area contributed by atoms with Crippen LogP contribution in [0.2, 0.25) is 0 Å². The second kappa shape index (κ2) is 6.12. The molecule has 0 N–H and O–H groups in total. The number of nitrogens with zero attached hydrogens (tertiary/aromatic N) is 2. The number of hydrogen-bond donors (Lipinski definition) is 0. The van der Waals surface area contributed by atoms with Crippen LogP contribution in [0.3, 0.4) is 0 Å². The van der Waals surface area contributed by atoms with Crippen molar-refractivity contribution < 1.29 is 19.0 Å². The van der Waals surface area contributed by atoms with Crippen molar-refractivity contribution in [3.63, 3.8) is 0 Å². The molecule has 7 heteroatoms. The zero-order valence-corrected chi connectivity index (χ0v) is 12.8. The highest BCUT2D eigenvalue weighted by Gasteiger charge is 2.20. The number of rotatable bonds is 4. The van der Waals surface area contributed by atoms with E-state index in [2.05, 4.69) is 5.10 Å². The summed E-state index contributed by atoms with van der Waals surface area (Å²) in [5.74, 6) is 0.799. The number of carbonyl (C=O) groups is 1. The predicted octanol–water partition coefficient (Wildman–Crippen LogP) is 1.76. The minimum Gasteiger partial charge on any atom is -0.464 e. The van der Waals surface area contributed by atoms with Crippen LogP contribution in [-0.2, 0) is 9.53 Å². The van der Waals surface area contributed by atoms with E-state index in [1.807, 2.05) is 6.07 Å². The van der Waals surface area contributed by atoms with E-state index >= 15 is 0 Å². The largest absolute Gasteiger partial charge is 0.464 e. The first kappa shape index (κ1) is 15.1. The van der Waals surface area contributed by atoms with Crippen molar-refractivity contribution in [3.05, 3.63) is 40.7 Å². The number of carbonyl (C=O) groups excluding carboxylic acids is 1. The number of aromatic nitrogens is 2. The van der Waals surface area contributed by atoms with Gasteiger partial charge in [-0.2, -0.15) is 5.10 Å². The van der Waals surface area contributed by atoms with Crippen molar-refractivity contribution in [3.8, 4) is 22.8 Å². The topological polar surface area (TPSA) is 79.7 Å². The molecule has 1 aromatic heterocycles. The van der Waals surface area contributed by atoms with Gasteiger partial charge in [-0.05, 0) is 38.1 Å². The van der Waals surface area contributed by atoms with Gasteiger partial charge in [-0.3, -0.25) is 4.79 Å². The van der Waals surface area contributed by atoms with Gasteiger partial charge in [0.15, 0.2) is 17.5 Å². The van der Waals surface area contributed by atoms with E-state index in [9.17, 15) is 9.59 Å². The summed E-state index contributed by atoms with van der Waals surface area (Å²) in [7, 11) is 0. The highest BCUT2D eigenvalue weighted by Crippen LogP contribution is 2.35. The average molecular weight is 316 g/mol. The van der Waals surface area contributed by atoms with Gasteiger partial charge in [0.2, 0.25) is 6.79 Å². The van der Waals surface area contributed by atoms with Gasteiger partial charge in [0.25, 0.3) is 5.56 Å². The average Bonchev–Trinajstić information content (AvgIpc) is 3.02. The molecule has 0 fully saturated rings. The molecule has 120 valence electrons. The van der Waals surface area contributed by atoms with Gasteiger partial charge >= 0.3 is 5.97 Å². The number of benzene rings is 1. The van der Waals surface area contributed by atoms with Gasteiger partial charge in [-0.25, -0.2) is 9.48 Å². The Morgan fingerprint density at radius 2 is 2.09 bits per heavy atom. The monoisotopic (exact) mass is 316 g/mol. The summed E-state index contributed by atoms with van der Waals surface area (Å²) >= 11 is 0. The van der Waals surface area contributed by atoms with Crippen molar-refractivity contribution in [1.82, 2.24) is 9.78 Å². The van der Waals surface area contributed by atoms with E-state index in [0.29, 0.717) is 17.2 Å². The van der Waals surface area contributed by atoms with Crippen LogP contribution in [-0.4, -0.2) is 29.1 Å². The smallest absolute Gasteiger partial charge is 0.330 e. The molecule has 0 unspecified atom stereocenters. The van der Waals surface area contributed by atoms with Gasteiger partial charge in [0.05, 0.1) is 12.3 Å². The lowest BCUT2D eigenvalue weighted by molar-refractivity contribution is -0.147. The minimum atomic E-state index is -0.795. The molecule has 0 amide bonds. The van der Waals surface area contributed by atoms with E-state index in [0.717, 1.165) is 10.2 Å². The van der Waals surface area contributed by atoms with E-state index in [4.69, 9.17) is 14.2 Å². The Bertz CT molecular complexity index is 799. The van der Waals surface area contributed by atoms with Crippen molar-refractivity contribution in [2.75, 3.05) is 13.4 Å². The molecule has 2 aromatic rings. The molecule has 1 aliphatic rings. The molecule has 1 aliphatic heterocycles. The Morgan fingerprint density at radius 3 is 2.87 bits per heavy atom. The molecule has 23 heavy (non-hydrogen) atoms. The Kier molecular flexibility index (Phi) is 4.01. The van der Waals surface area contributed by atoms with E-state index in [-0.39, 0.29) is 19.0 Å². The van der Waals surface area contributed by atoms with E-state index in [1.54, 1.807) is 32.0 Å². The molecule has 0 saturated heterocycles. The zero-order valence-electron chi connectivity index (χ0n) is 12.8. The molecule has 7 nitrogen and oxygen atoms in total. The van der Waals surface area contributed by atoms with Crippen LogP contribution in [0.25, 0.3) is 11.3 Å². The molecule has 1 atom stereocenters. The number of fused-ring (bicyclic) bond motifs is 1. The van der Waals surface area contributed by atoms with Crippen molar-refractivity contribution in [1.29, 1.82) is 0 Å². The molecule has 0 bridgehead atoms. The lowest BCUT2D eigenvalue weighted by Gasteiger charge is -2.13. The Morgan fingerprint density at radius 1 is 1.30 bits per heavy atom. The summed E-state index contributed by atoms with van der Waals surface area (Å²) in [6.07, 6.45) is 0. The van der Waals surface area contributed by atoms with Gasteiger partial charge in [-0.15, -0.1) is 0 Å². The SMILES string of the molecule is CCOC(=O)[C@@H](C)n1nc(-c2ccc3c(c2)OCO3)ccc1=O. The number of ether oxygens (including phenoxy) is 3. The molecule has 0 aliphatic carbocycles. The fourth-order valence-corrected chi connectivity index (χ4v) is 2.28. The predicted molar refractivity (Wildman–Crippen MR) is 81.4 cm³/mol. The van der Waals surface area contributed by atoms with Crippen LogP contribution in [0.1, 0.15) is 19.9 Å². The first-order valence-corrected chi connectivity index (χ1v) is 7.26. The van der Waals surface area contributed by atoms with Crippen LogP contribution in [0.5, 0.6) is 11.5 Å². The molecular weight excluding hydrogens is 300 g/mol. The second-order valence-corrected chi connectivity index (χ2v) is 5.00. The zero-order chi connectivity index (χ0) is 16.4. The second-order valence-electron chi connectivity index (χ2n) is 5.00. The van der Waals surface area contributed by atoms with Gasteiger partial charge in [-0.1, -0.05) is 0 Å². The van der Waals surface area contributed by atoms with Crippen LogP contribution in [0.4, 0.5) is 0 Å². The third kappa shape index (κ3) is 2.90. The lowest BCUT2D eigenvalue weighted by atomic mass is 10.1. The highest BCUT2D eigenvalue weighted by molar-refractivity contribution is 5.73. The lowest BCUT2D eigenvalue weighted by Crippen LogP contribution is -2.31. The summed E-state index contributed by atoms with van der Waals surface area (Å²) in [4.78, 5) is 23.8. The quantitative estimate of drug-likeness (QED) is 0.800. The summed E-state index contributed by atoms with van der Waals surface area (Å²) in [6, 6.07) is 7.57. The van der Waals surface area contributed by atoms with E-state index < -0.39 is 12.0 Å². The van der Waals surface area contributed by atoms with Gasteiger partial charge in [0, 0.05) is 11.6 Å². The van der Waals surface area contributed by atoms with Gasteiger partial charge < -0.3 is 14.2 Å². The summed E-state index contributed by atoms with van der Waals surface area (Å²) < 4.78 is 16.7. The third-order valence-electron chi connectivity index (χ3n) is 3.49. The molecule has 2 heterocycles. The van der Waals surface area contributed by atoms with Crippen molar-refractivity contribution >= 4 is 5.97 Å². The van der Waals surface area contributed by atoms with Crippen LogP contribution >= 0.6 is 0 Å². The Hall–Kier alpha value is -2.83. The minimum absolute atomic E-state index is 0.186. The van der Waals surface area contributed by atoms with Crippen molar-refractivity contribution in [2.45, 2.75) is 19.9 Å². The van der Waals surface area contributed by atoms with E-state index in [1.165, 1.54) is 6.07 Å². The summed E-state index contributed by atoms with van der Waals surface area (Å²) in [6.45, 7) is 3.73. The maximum absolute atomic E-state index is 12.0. The summed E-state index contributed by atoms with van der Waals surface area (Å²) in [5, 5.41) is 4.28. The normalized spacial score (nSPS) is 13.7. The highest BCUT2D eigenvalue weighted by atomic mass is 16.7. The Balaban J connectivity index is 1.97. The van der Waals surface area contributed by atoms with Gasteiger partial charge in [0.1, 0.15) is 0 Å². The number of esters is 1. The molecule has 1 aromatic carbocycles. The molecule has 0 saturated carbocycles. The van der Waals surface area contributed by atoms with Crippen LogP contribution in [0.15, 0.2) is 35.1 Å². The summed E-state index contributed by atoms with van der Waals surface area (Å²) in [5.41, 5.74) is 0.952. The molecule has 3 rings (SSSR count). The first-order valence-electron chi connectivity index (χ1n) is 7.26. The molecule has 0 spiro atoms. The van der Waals surface area contributed by atoms with Crippen LogP contribution < -0.4 is 15.0 Å². The maximum atomic E-state index is 12.0. The molecular formula is C16H16N2O5. The van der Waals surface area contributed by atoms with Crippen molar-refractivity contribution in [2.24, 2.45) is 0 Å². The van der Waals surface area contributed by atoms with Crippen LogP contribution in [0, 0.1) is 0 Å². The third-order valence-corrected chi connectivity index (χ3v) is 3.49. The Labute approximate surface area is 132 Å². The standard InChI is InChI=1S/C16H16N2O5/c1-3-21-16(20)10(2)18-15(19)7-5-12(17-18)11-4-6-13-14(8-11)23-9-22-13/h4-8,10H,3,9H2,1-2H3/t10-/m1/s1. The first-order chi connectivity index (χ1) is 11.1. The number of hydrogen-bond acceptors (Lipinski definition) is 6.